The molecule has 10 nitrogen and oxygen atoms in total. The lowest BCUT2D eigenvalue weighted by atomic mass is 10.1. The Morgan fingerprint density at radius 2 is 1.65 bits per heavy atom. The van der Waals surface area contributed by atoms with Crippen molar-refractivity contribution in [3.8, 4) is 0 Å². The van der Waals surface area contributed by atoms with Crippen LogP contribution in [0.15, 0.2) is 24.5 Å². The smallest absolute Gasteiger partial charge is 0.326 e. The summed E-state index contributed by atoms with van der Waals surface area (Å²) in [6.07, 6.45) is 2.74. The van der Waals surface area contributed by atoms with Gasteiger partial charge in [0.2, 0.25) is 17.7 Å². The zero-order valence-corrected chi connectivity index (χ0v) is 14.6. The molecule has 26 heavy (non-hydrogen) atoms. The van der Waals surface area contributed by atoms with Crippen molar-refractivity contribution in [3.05, 3.63) is 30.1 Å². The molecule has 0 saturated heterocycles. The van der Waals surface area contributed by atoms with Crippen LogP contribution in [0.3, 0.4) is 0 Å². The number of pyridine rings is 1. The summed E-state index contributed by atoms with van der Waals surface area (Å²) >= 11 is 0. The van der Waals surface area contributed by atoms with Crippen LogP contribution in [-0.4, -0.2) is 51.9 Å². The van der Waals surface area contributed by atoms with E-state index in [2.05, 4.69) is 20.9 Å². The van der Waals surface area contributed by atoms with E-state index in [9.17, 15) is 19.2 Å². The average Bonchev–Trinajstić information content (AvgIpc) is 2.59. The van der Waals surface area contributed by atoms with E-state index < -0.39 is 48.2 Å². The maximum Gasteiger partial charge on any atom is 0.326 e. The highest BCUT2D eigenvalue weighted by Crippen LogP contribution is 1.98. The number of carboxylic acid groups (broad SMARTS) is 1. The molecule has 0 aliphatic heterocycles. The third kappa shape index (κ3) is 7.26. The molecule has 0 aromatic carbocycles. The molecule has 1 rings (SSSR count). The standard InChI is InChI=1S/C16H23N5O5/c1-9(19-8-11-3-5-18-6-4-11)14(23)20-10(2)15(24)21-12(16(25)26)7-13(17)22/h3-6,9-10,12,19H,7-8H2,1-2H3,(H2,17,22)(H,20,23)(H,21,24)(H,25,26). The molecular formula is C16H23N5O5. The van der Waals surface area contributed by atoms with Crippen molar-refractivity contribution in [2.75, 3.05) is 0 Å². The lowest BCUT2D eigenvalue weighted by Gasteiger charge is -2.20. The molecule has 1 aromatic rings. The number of carbonyl (C=O) groups excluding carboxylic acids is 3. The SMILES string of the molecule is CC(NCc1ccncc1)C(=O)NC(C)C(=O)NC(CC(N)=O)C(=O)O. The molecule has 3 amide bonds. The van der Waals surface area contributed by atoms with Crippen LogP contribution < -0.4 is 21.7 Å². The van der Waals surface area contributed by atoms with Crippen LogP contribution in [0, 0.1) is 0 Å². The first kappa shape index (κ1) is 21.0. The van der Waals surface area contributed by atoms with Crippen molar-refractivity contribution in [1.29, 1.82) is 0 Å². The number of aliphatic carboxylic acids is 1. The summed E-state index contributed by atoms with van der Waals surface area (Å²) in [5.41, 5.74) is 5.89. The maximum atomic E-state index is 12.1. The highest BCUT2D eigenvalue weighted by Gasteiger charge is 2.26. The van der Waals surface area contributed by atoms with Crippen molar-refractivity contribution in [2.45, 2.75) is 44.9 Å². The first-order chi connectivity index (χ1) is 12.2. The Bertz CT molecular complexity index is 652. The van der Waals surface area contributed by atoms with Crippen molar-refractivity contribution in [2.24, 2.45) is 5.73 Å². The molecule has 0 aliphatic rings. The predicted molar refractivity (Wildman–Crippen MR) is 91.5 cm³/mol. The topological polar surface area (TPSA) is 164 Å². The second kappa shape index (κ2) is 10.1. The second-order valence-electron chi connectivity index (χ2n) is 5.76. The molecule has 6 N–H and O–H groups in total. The van der Waals surface area contributed by atoms with Gasteiger partial charge in [0.05, 0.1) is 12.5 Å². The van der Waals surface area contributed by atoms with E-state index in [0.29, 0.717) is 6.54 Å². The molecule has 0 fully saturated rings. The van der Waals surface area contributed by atoms with E-state index in [1.54, 1.807) is 31.5 Å². The van der Waals surface area contributed by atoms with Crippen LogP contribution in [0.4, 0.5) is 0 Å². The van der Waals surface area contributed by atoms with Gasteiger partial charge in [-0.2, -0.15) is 0 Å². The Labute approximate surface area is 150 Å². The first-order valence-electron chi connectivity index (χ1n) is 7.94. The van der Waals surface area contributed by atoms with E-state index in [-0.39, 0.29) is 0 Å². The fraction of sp³-hybridized carbons (Fsp3) is 0.438. The van der Waals surface area contributed by atoms with Gasteiger partial charge in [0.15, 0.2) is 0 Å². The van der Waals surface area contributed by atoms with Gasteiger partial charge in [-0.15, -0.1) is 0 Å². The highest BCUT2D eigenvalue weighted by molar-refractivity contribution is 5.92. The molecule has 1 aromatic heterocycles. The molecule has 10 heteroatoms. The molecule has 1 heterocycles. The summed E-state index contributed by atoms with van der Waals surface area (Å²) in [6, 6.07) is 0.597. The number of nitrogens with two attached hydrogens (primary N) is 1. The van der Waals surface area contributed by atoms with Crippen LogP contribution in [-0.2, 0) is 25.7 Å². The Morgan fingerprint density at radius 1 is 1.08 bits per heavy atom. The number of nitrogens with one attached hydrogen (secondary N) is 3. The fourth-order valence-corrected chi connectivity index (χ4v) is 1.97. The monoisotopic (exact) mass is 365 g/mol. The van der Waals surface area contributed by atoms with Crippen molar-refractivity contribution < 1.29 is 24.3 Å². The van der Waals surface area contributed by atoms with Crippen molar-refractivity contribution >= 4 is 23.7 Å². The molecule has 3 atom stereocenters. The Hall–Kier alpha value is -3.01. The summed E-state index contributed by atoms with van der Waals surface area (Å²) < 4.78 is 0. The zero-order chi connectivity index (χ0) is 19.7. The lowest BCUT2D eigenvalue weighted by Crippen LogP contribution is -2.53. The fourth-order valence-electron chi connectivity index (χ4n) is 1.97. The minimum atomic E-state index is -1.44. The summed E-state index contributed by atoms with van der Waals surface area (Å²) in [5.74, 6) is -3.40. The molecule has 0 saturated carbocycles. The van der Waals surface area contributed by atoms with Gasteiger partial charge >= 0.3 is 5.97 Å². The van der Waals surface area contributed by atoms with E-state index in [1.807, 2.05) is 0 Å². The van der Waals surface area contributed by atoms with Crippen LogP contribution >= 0.6 is 0 Å². The average molecular weight is 365 g/mol. The Balaban J connectivity index is 2.49. The Morgan fingerprint density at radius 3 is 2.19 bits per heavy atom. The predicted octanol–water partition coefficient (Wildman–Crippen LogP) is -1.49. The van der Waals surface area contributed by atoms with Gasteiger partial charge in [-0.25, -0.2) is 4.79 Å². The number of carboxylic acids is 1. The number of hydrogen-bond donors (Lipinski definition) is 5. The minimum Gasteiger partial charge on any atom is -0.480 e. The number of aromatic nitrogens is 1. The maximum absolute atomic E-state index is 12.1. The quantitative estimate of drug-likeness (QED) is 0.337. The number of nitrogens with zero attached hydrogens (tertiary/aromatic N) is 1. The minimum absolute atomic E-state index is 0.427. The van der Waals surface area contributed by atoms with E-state index in [0.717, 1.165) is 5.56 Å². The summed E-state index contributed by atoms with van der Waals surface area (Å²) in [5, 5.41) is 16.6. The summed E-state index contributed by atoms with van der Waals surface area (Å²) in [7, 11) is 0. The van der Waals surface area contributed by atoms with E-state index in [4.69, 9.17) is 10.8 Å². The Kier molecular flexibility index (Phi) is 8.16. The number of amides is 3. The van der Waals surface area contributed by atoms with Gasteiger partial charge in [-0.1, -0.05) is 0 Å². The van der Waals surface area contributed by atoms with E-state index in [1.165, 1.54) is 6.92 Å². The molecule has 0 radical (unpaired) electrons. The van der Waals surface area contributed by atoms with Gasteiger partial charge in [-0.05, 0) is 31.5 Å². The normalized spacial score (nSPS) is 13.9. The molecule has 3 unspecified atom stereocenters. The molecular weight excluding hydrogens is 342 g/mol. The second-order valence-corrected chi connectivity index (χ2v) is 5.76. The molecule has 0 bridgehead atoms. The summed E-state index contributed by atoms with van der Waals surface area (Å²) in [4.78, 5) is 49.9. The van der Waals surface area contributed by atoms with Crippen LogP contribution in [0.2, 0.25) is 0 Å². The zero-order valence-electron chi connectivity index (χ0n) is 14.6. The van der Waals surface area contributed by atoms with E-state index >= 15 is 0 Å². The van der Waals surface area contributed by atoms with Crippen LogP contribution in [0.25, 0.3) is 0 Å². The van der Waals surface area contributed by atoms with Crippen molar-refractivity contribution in [3.63, 3.8) is 0 Å². The largest absolute Gasteiger partial charge is 0.480 e. The summed E-state index contributed by atoms with van der Waals surface area (Å²) in [6.45, 7) is 3.48. The third-order valence-corrected chi connectivity index (χ3v) is 3.53. The lowest BCUT2D eigenvalue weighted by molar-refractivity contribution is -0.143. The number of primary amides is 1. The van der Waals surface area contributed by atoms with Gasteiger partial charge < -0.3 is 26.8 Å². The van der Waals surface area contributed by atoms with Crippen molar-refractivity contribution in [1.82, 2.24) is 20.9 Å². The number of rotatable bonds is 10. The van der Waals surface area contributed by atoms with Gasteiger partial charge in [0.1, 0.15) is 12.1 Å². The first-order valence-corrected chi connectivity index (χ1v) is 7.94. The van der Waals surface area contributed by atoms with Gasteiger partial charge in [0.25, 0.3) is 0 Å². The molecule has 0 aliphatic carbocycles. The number of hydrogen-bond acceptors (Lipinski definition) is 6. The van der Waals surface area contributed by atoms with Gasteiger partial charge in [-0.3, -0.25) is 19.4 Å². The number of carbonyl (C=O) groups is 4. The highest BCUT2D eigenvalue weighted by atomic mass is 16.4. The molecule has 142 valence electrons. The third-order valence-electron chi connectivity index (χ3n) is 3.53. The van der Waals surface area contributed by atoms with Crippen LogP contribution in [0.1, 0.15) is 25.8 Å². The van der Waals surface area contributed by atoms with Gasteiger partial charge in [0, 0.05) is 18.9 Å². The molecule has 0 spiro atoms. The van der Waals surface area contributed by atoms with Crippen LogP contribution in [0.5, 0.6) is 0 Å².